The molecule has 0 aliphatic carbocycles. The predicted octanol–water partition coefficient (Wildman–Crippen LogP) is 2.13. The van der Waals surface area contributed by atoms with Gasteiger partial charge in [-0.2, -0.15) is 0 Å². The minimum Gasteiger partial charge on any atom is -0.488 e. The van der Waals surface area contributed by atoms with Crippen LogP contribution >= 0.6 is 11.6 Å². The summed E-state index contributed by atoms with van der Waals surface area (Å²) < 4.78 is 5.82. The Labute approximate surface area is 115 Å². The molecule has 19 heavy (non-hydrogen) atoms. The number of nitrogens with one attached hydrogen (secondary N) is 1. The van der Waals surface area contributed by atoms with Crippen LogP contribution in [0.15, 0.2) is 30.6 Å². The van der Waals surface area contributed by atoms with Crippen LogP contribution in [0.4, 0.5) is 11.6 Å². The molecule has 0 saturated heterocycles. The molecular weight excluding hydrogens is 264 g/mol. The van der Waals surface area contributed by atoms with Crippen molar-refractivity contribution in [1.29, 1.82) is 0 Å². The van der Waals surface area contributed by atoms with Gasteiger partial charge in [-0.3, -0.25) is 0 Å². The largest absolute Gasteiger partial charge is 0.488 e. The van der Waals surface area contributed by atoms with Gasteiger partial charge in [-0.1, -0.05) is 29.8 Å². The van der Waals surface area contributed by atoms with Crippen molar-refractivity contribution in [2.45, 2.75) is 12.5 Å². The van der Waals surface area contributed by atoms with Crippen LogP contribution in [0, 0.1) is 0 Å². The van der Waals surface area contributed by atoms with Gasteiger partial charge in [-0.05, 0) is 11.6 Å². The molecule has 2 heterocycles. The van der Waals surface area contributed by atoms with E-state index in [1.807, 2.05) is 18.2 Å². The number of para-hydroxylation sites is 1. The van der Waals surface area contributed by atoms with E-state index < -0.39 is 0 Å². The van der Waals surface area contributed by atoms with Crippen molar-refractivity contribution in [2.75, 3.05) is 17.6 Å². The van der Waals surface area contributed by atoms with Gasteiger partial charge in [0.05, 0.1) is 6.54 Å². The van der Waals surface area contributed by atoms with Crippen molar-refractivity contribution < 1.29 is 4.74 Å². The van der Waals surface area contributed by atoms with Gasteiger partial charge in [0.25, 0.3) is 0 Å². The van der Waals surface area contributed by atoms with Crippen LogP contribution in [0.1, 0.15) is 5.56 Å². The summed E-state index contributed by atoms with van der Waals surface area (Å²) >= 11 is 6.01. The molecule has 0 amide bonds. The standard InChI is InChI=1S/C13H13ClN4O/c14-11-12(15)17-7-18-13(11)16-6-9-5-8-3-1-2-4-10(8)19-9/h1-4,7,9H,5-6H2,(H3,15,16,17,18). The van der Waals surface area contributed by atoms with E-state index in [1.54, 1.807) is 0 Å². The van der Waals surface area contributed by atoms with E-state index in [4.69, 9.17) is 22.1 Å². The maximum absolute atomic E-state index is 6.01. The summed E-state index contributed by atoms with van der Waals surface area (Å²) in [7, 11) is 0. The van der Waals surface area contributed by atoms with Crippen LogP contribution in [0.3, 0.4) is 0 Å². The van der Waals surface area contributed by atoms with Crippen LogP contribution in [0.2, 0.25) is 5.02 Å². The second-order valence-corrected chi connectivity index (χ2v) is 4.73. The average Bonchev–Trinajstić information content (AvgIpc) is 2.83. The number of benzene rings is 1. The third kappa shape index (κ3) is 2.42. The first kappa shape index (κ1) is 12.0. The molecule has 98 valence electrons. The molecule has 1 atom stereocenters. The lowest BCUT2D eigenvalue weighted by molar-refractivity contribution is 0.246. The molecular formula is C13H13ClN4O. The van der Waals surface area contributed by atoms with Crippen molar-refractivity contribution in [3.63, 3.8) is 0 Å². The smallest absolute Gasteiger partial charge is 0.150 e. The molecule has 1 unspecified atom stereocenters. The molecule has 6 heteroatoms. The maximum Gasteiger partial charge on any atom is 0.150 e. The molecule has 2 aromatic rings. The van der Waals surface area contributed by atoms with Crippen molar-refractivity contribution in [2.24, 2.45) is 0 Å². The number of hydrogen-bond acceptors (Lipinski definition) is 5. The zero-order valence-corrected chi connectivity index (χ0v) is 10.9. The number of nitrogen functional groups attached to an aromatic ring is 1. The van der Waals surface area contributed by atoms with Crippen molar-refractivity contribution in [3.05, 3.63) is 41.2 Å². The third-order valence-electron chi connectivity index (χ3n) is 3.03. The number of halogens is 1. The van der Waals surface area contributed by atoms with Crippen LogP contribution in [-0.4, -0.2) is 22.6 Å². The number of nitrogens with two attached hydrogens (primary N) is 1. The molecule has 3 rings (SSSR count). The molecule has 0 fully saturated rings. The quantitative estimate of drug-likeness (QED) is 0.898. The summed E-state index contributed by atoms with van der Waals surface area (Å²) in [6.07, 6.45) is 2.33. The molecule has 0 saturated carbocycles. The number of aromatic nitrogens is 2. The second kappa shape index (κ2) is 4.93. The van der Waals surface area contributed by atoms with E-state index >= 15 is 0 Å². The zero-order chi connectivity index (χ0) is 13.2. The minimum atomic E-state index is 0.0738. The van der Waals surface area contributed by atoms with E-state index in [-0.39, 0.29) is 11.9 Å². The zero-order valence-electron chi connectivity index (χ0n) is 10.1. The van der Waals surface area contributed by atoms with Crippen molar-refractivity contribution in [3.8, 4) is 5.75 Å². The number of ether oxygens (including phenoxy) is 1. The number of hydrogen-bond donors (Lipinski definition) is 2. The van der Waals surface area contributed by atoms with E-state index in [9.17, 15) is 0 Å². The lowest BCUT2D eigenvalue weighted by Crippen LogP contribution is -2.24. The predicted molar refractivity (Wildman–Crippen MR) is 74.5 cm³/mol. The van der Waals surface area contributed by atoms with Gasteiger partial charge in [-0.15, -0.1) is 0 Å². The molecule has 0 radical (unpaired) electrons. The first-order valence-electron chi connectivity index (χ1n) is 5.98. The summed E-state index contributed by atoms with van der Waals surface area (Å²) in [5.41, 5.74) is 6.84. The van der Waals surface area contributed by atoms with Crippen molar-refractivity contribution in [1.82, 2.24) is 9.97 Å². The van der Waals surface area contributed by atoms with Crippen LogP contribution in [0.25, 0.3) is 0 Å². The van der Waals surface area contributed by atoms with Gasteiger partial charge in [-0.25, -0.2) is 9.97 Å². The molecule has 1 aromatic heterocycles. The van der Waals surface area contributed by atoms with Gasteiger partial charge in [0, 0.05) is 6.42 Å². The Balaban J connectivity index is 1.64. The first-order valence-corrected chi connectivity index (χ1v) is 6.36. The van der Waals surface area contributed by atoms with Crippen LogP contribution < -0.4 is 15.8 Å². The van der Waals surface area contributed by atoms with Gasteiger partial charge in [0.2, 0.25) is 0 Å². The number of nitrogens with zero attached hydrogens (tertiary/aromatic N) is 2. The Kier molecular flexibility index (Phi) is 3.13. The third-order valence-corrected chi connectivity index (χ3v) is 3.40. The van der Waals surface area contributed by atoms with Crippen LogP contribution in [0.5, 0.6) is 5.75 Å². The number of anilines is 2. The molecule has 5 nitrogen and oxygen atoms in total. The Bertz CT molecular complexity index is 580. The Morgan fingerprint density at radius 3 is 3.05 bits per heavy atom. The fourth-order valence-electron chi connectivity index (χ4n) is 2.08. The molecule has 0 bridgehead atoms. The molecule has 1 aromatic carbocycles. The summed E-state index contributed by atoms with van der Waals surface area (Å²) in [4.78, 5) is 7.87. The normalized spacial score (nSPS) is 16.8. The average molecular weight is 277 g/mol. The van der Waals surface area contributed by atoms with Crippen LogP contribution in [-0.2, 0) is 6.42 Å². The molecule has 1 aliphatic heterocycles. The van der Waals surface area contributed by atoms with Gasteiger partial charge in [0.1, 0.15) is 29.0 Å². The Morgan fingerprint density at radius 2 is 2.21 bits per heavy atom. The fraction of sp³-hybridized carbons (Fsp3) is 0.231. The fourth-order valence-corrected chi connectivity index (χ4v) is 2.25. The number of fused-ring (bicyclic) bond motifs is 1. The van der Waals surface area contributed by atoms with Gasteiger partial charge in [0.15, 0.2) is 5.82 Å². The highest BCUT2D eigenvalue weighted by atomic mass is 35.5. The minimum absolute atomic E-state index is 0.0738. The summed E-state index contributed by atoms with van der Waals surface area (Å²) in [5, 5.41) is 3.49. The Hall–Kier alpha value is -2.01. The second-order valence-electron chi connectivity index (χ2n) is 4.35. The van der Waals surface area contributed by atoms with E-state index in [0.29, 0.717) is 17.4 Å². The highest BCUT2D eigenvalue weighted by Gasteiger charge is 2.22. The number of rotatable bonds is 3. The molecule has 1 aliphatic rings. The monoisotopic (exact) mass is 276 g/mol. The molecule has 3 N–H and O–H groups in total. The van der Waals surface area contributed by atoms with E-state index in [0.717, 1.165) is 12.2 Å². The highest BCUT2D eigenvalue weighted by molar-refractivity contribution is 6.35. The lowest BCUT2D eigenvalue weighted by atomic mass is 10.1. The molecule has 0 spiro atoms. The Morgan fingerprint density at radius 1 is 1.37 bits per heavy atom. The lowest BCUT2D eigenvalue weighted by Gasteiger charge is -2.13. The summed E-state index contributed by atoms with van der Waals surface area (Å²) in [6.45, 7) is 0.616. The summed E-state index contributed by atoms with van der Waals surface area (Å²) in [5.74, 6) is 1.76. The van der Waals surface area contributed by atoms with Gasteiger partial charge < -0.3 is 15.8 Å². The highest BCUT2D eigenvalue weighted by Crippen LogP contribution is 2.29. The summed E-state index contributed by atoms with van der Waals surface area (Å²) in [6, 6.07) is 8.03. The SMILES string of the molecule is Nc1ncnc(NCC2Cc3ccccc3O2)c1Cl. The van der Waals surface area contributed by atoms with E-state index in [1.165, 1.54) is 11.9 Å². The topological polar surface area (TPSA) is 73.1 Å². The maximum atomic E-state index is 6.01. The van der Waals surface area contributed by atoms with Gasteiger partial charge >= 0.3 is 0 Å². The van der Waals surface area contributed by atoms with Crippen molar-refractivity contribution >= 4 is 23.2 Å². The first-order chi connectivity index (χ1) is 9.24. The van der Waals surface area contributed by atoms with E-state index in [2.05, 4.69) is 21.4 Å².